The van der Waals surface area contributed by atoms with E-state index < -0.39 is 0 Å². The monoisotopic (exact) mass is 361 g/mol. The molecule has 94 valence electrons. The van der Waals surface area contributed by atoms with Crippen LogP contribution in [-0.4, -0.2) is 35.5 Å². The number of halogens is 2. The van der Waals surface area contributed by atoms with Crippen LogP contribution < -0.4 is 0 Å². The lowest BCUT2D eigenvalue weighted by molar-refractivity contribution is -0.0499. The Hall–Kier alpha value is 0.100. The largest absolute Gasteiger partial charge is 0.374 e. The number of morpholine rings is 1. The minimum atomic E-state index is 0.321. The predicted octanol–water partition coefficient (Wildman–Crippen LogP) is 3.43. The van der Waals surface area contributed by atoms with Crippen molar-refractivity contribution < 1.29 is 4.74 Å². The molecule has 0 bridgehead atoms. The van der Waals surface area contributed by atoms with E-state index in [1.807, 2.05) is 0 Å². The van der Waals surface area contributed by atoms with E-state index in [1.54, 1.807) is 0 Å². The van der Waals surface area contributed by atoms with Gasteiger partial charge in [-0.2, -0.15) is 0 Å². The summed E-state index contributed by atoms with van der Waals surface area (Å²) in [6, 6.07) is 9.05. The van der Waals surface area contributed by atoms with Gasteiger partial charge in [-0.15, -0.1) is 0 Å². The van der Waals surface area contributed by atoms with E-state index >= 15 is 0 Å². The quantitative estimate of drug-likeness (QED) is 0.764. The fourth-order valence-electron chi connectivity index (χ4n) is 2.01. The van der Waals surface area contributed by atoms with Gasteiger partial charge in [0.25, 0.3) is 0 Å². The number of hydrogen-bond donors (Lipinski definition) is 0. The molecule has 0 amide bonds. The number of hydrogen-bond acceptors (Lipinski definition) is 2. The first-order chi connectivity index (χ1) is 8.19. The summed E-state index contributed by atoms with van der Waals surface area (Å²) in [6.45, 7) is 5.06. The van der Waals surface area contributed by atoms with E-state index in [-0.39, 0.29) is 0 Å². The standard InChI is InChI=1S/C13H17Br2NO/c1-10-9-17-13(6-14)8-16(10)7-11-2-4-12(15)5-3-11/h2-5,10,13H,6-9H2,1H3. The molecule has 2 nitrogen and oxygen atoms in total. The second-order valence-corrected chi connectivity index (χ2v) is 6.08. The lowest BCUT2D eigenvalue weighted by atomic mass is 10.1. The van der Waals surface area contributed by atoms with Crippen LogP contribution in [0, 0.1) is 0 Å². The van der Waals surface area contributed by atoms with Gasteiger partial charge >= 0.3 is 0 Å². The number of ether oxygens (including phenoxy) is 1. The lowest BCUT2D eigenvalue weighted by Gasteiger charge is -2.37. The summed E-state index contributed by atoms with van der Waals surface area (Å²) in [6.07, 6.45) is 0.321. The zero-order chi connectivity index (χ0) is 12.3. The second-order valence-electron chi connectivity index (χ2n) is 4.51. The summed E-state index contributed by atoms with van der Waals surface area (Å²) in [5.74, 6) is 0. The molecule has 0 aliphatic carbocycles. The summed E-state index contributed by atoms with van der Waals surface area (Å²) in [7, 11) is 0. The van der Waals surface area contributed by atoms with Gasteiger partial charge in [0, 0.05) is 28.9 Å². The van der Waals surface area contributed by atoms with Gasteiger partial charge in [-0.3, -0.25) is 4.90 Å². The number of benzene rings is 1. The summed E-state index contributed by atoms with van der Waals surface area (Å²) in [5.41, 5.74) is 1.36. The molecule has 1 fully saturated rings. The summed E-state index contributed by atoms with van der Waals surface area (Å²) >= 11 is 6.96. The van der Waals surface area contributed by atoms with Gasteiger partial charge in [0.2, 0.25) is 0 Å². The van der Waals surface area contributed by atoms with Crippen molar-refractivity contribution in [3.8, 4) is 0 Å². The van der Waals surface area contributed by atoms with Crippen molar-refractivity contribution in [2.75, 3.05) is 18.5 Å². The Morgan fingerprint density at radius 2 is 2.06 bits per heavy atom. The van der Waals surface area contributed by atoms with Gasteiger partial charge in [-0.05, 0) is 24.6 Å². The van der Waals surface area contributed by atoms with Gasteiger partial charge in [-0.1, -0.05) is 44.0 Å². The summed E-state index contributed by atoms with van der Waals surface area (Å²) in [5, 5.41) is 0.913. The average molecular weight is 363 g/mol. The van der Waals surface area contributed by atoms with Crippen LogP contribution in [0.3, 0.4) is 0 Å². The highest BCUT2D eigenvalue weighted by molar-refractivity contribution is 9.10. The van der Waals surface area contributed by atoms with Crippen LogP contribution >= 0.6 is 31.9 Å². The van der Waals surface area contributed by atoms with E-state index in [1.165, 1.54) is 5.56 Å². The van der Waals surface area contributed by atoms with Crippen LogP contribution in [0.4, 0.5) is 0 Å². The fourth-order valence-corrected chi connectivity index (χ4v) is 2.67. The van der Waals surface area contributed by atoms with Gasteiger partial charge in [-0.25, -0.2) is 0 Å². The molecule has 2 atom stereocenters. The van der Waals surface area contributed by atoms with Crippen LogP contribution in [0.25, 0.3) is 0 Å². The SMILES string of the molecule is CC1COC(CBr)CN1Cc1ccc(Br)cc1. The highest BCUT2D eigenvalue weighted by atomic mass is 79.9. The Bertz CT molecular complexity index is 355. The Labute approximate surface area is 120 Å². The number of nitrogens with zero attached hydrogens (tertiary/aromatic N) is 1. The Morgan fingerprint density at radius 3 is 2.71 bits per heavy atom. The van der Waals surface area contributed by atoms with E-state index in [0.717, 1.165) is 29.5 Å². The van der Waals surface area contributed by atoms with Crippen LogP contribution in [0.2, 0.25) is 0 Å². The van der Waals surface area contributed by atoms with E-state index in [4.69, 9.17) is 4.74 Å². The molecule has 0 radical (unpaired) electrons. The molecule has 4 heteroatoms. The predicted molar refractivity (Wildman–Crippen MR) is 77.5 cm³/mol. The number of alkyl halides is 1. The molecule has 2 unspecified atom stereocenters. The van der Waals surface area contributed by atoms with E-state index in [9.17, 15) is 0 Å². The molecule has 1 saturated heterocycles. The maximum absolute atomic E-state index is 5.73. The van der Waals surface area contributed by atoms with Gasteiger partial charge in [0.15, 0.2) is 0 Å². The van der Waals surface area contributed by atoms with E-state index in [2.05, 4.69) is 67.9 Å². The smallest absolute Gasteiger partial charge is 0.0799 e. The molecular weight excluding hydrogens is 346 g/mol. The van der Waals surface area contributed by atoms with Gasteiger partial charge in [0.1, 0.15) is 0 Å². The molecule has 1 heterocycles. The molecule has 17 heavy (non-hydrogen) atoms. The van der Waals surface area contributed by atoms with Crippen LogP contribution in [0.15, 0.2) is 28.7 Å². The topological polar surface area (TPSA) is 12.5 Å². The maximum Gasteiger partial charge on any atom is 0.0799 e. The van der Waals surface area contributed by atoms with Crippen LogP contribution in [0.5, 0.6) is 0 Å². The third kappa shape index (κ3) is 3.78. The normalized spacial score (nSPS) is 26.1. The highest BCUT2D eigenvalue weighted by Crippen LogP contribution is 2.18. The van der Waals surface area contributed by atoms with Gasteiger partial charge < -0.3 is 4.74 Å². The first-order valence-corrected chi connectivity index (χ1v) is 7.76. The molecule has 1 aromatic carbocycles. The van der Waals surface area contributed by atoms with Crippen molar-refractivity contribution in [2.24, 2.45) is 0 Å². The van der Waals surface area contributed by atoms with Crippen molar-refractivity contribution in [1.29, 1.82) is 0 Å². The second kappa shape index (κ2) is 6.32. The molecule has 1 aliphatic rings. The maximum atomic E-state index is 5.73. The Kier molecular flexibility index (Phi) is 5.03. The van der Waals surface area contributed by atoms with Crippen molar-refractivity contribution in [3.05, 3.63) is 34.3 Å². The first-order valence-electron chi connectivity index (χ1n) is 5.85. The highest BCUT2D eigenvalue weighted by Gasteiger charge is 2.25. The molecule has 1 aliphatic heterocycles. The van der Waals surface area contributed by atoms with E-state index in [0.29, 0.717) is 12.1 Å². The lowest BCUT2D eigenvalue weighted by Crippen LogP contribution is -2.48. The molecule has 0 saturated carbocycles. The minimum absolute atomic E-state index is 0.321. The van der Waals surface area contributed by atoms with Gasteiger partial charge in [0.05, 0.1) is 12.7 Å². The Morgan fingerprint density at radius 1 is 1.35 bits per heavy atom. The molecule has 0 N–H and O–H groups in total. The van der Waals surface area contributed by atoms with Crippen LogP contribution in [0.1, 0.15) is 12.5 Å². The number of rotatable bonds is 3. The molecule has 0 aromatic heterocycles. The summed E-state index contributed by atoms with van der Waals surface area (Å²) < 4.78 is 6.86. The third-order valence-corrected chi connectivity index (χ3v) is 4.36. The van der Waals surface area contributed by atoms with Crippen molar-refractivity contribution in [2.45, 2.75) is 25.6 Å². The minimum Gasteiger partial charge on any atom is -0.374 e. The van der Waals surface area contributed by atoms with Crippen LogP contribution in [-0.2, 0) is 11.3 Å². The molecular formula is C13H17Br2NO. The first kappa shape index (κ1) is 13.5. The molecule has 0 spiro atoms. The van der Waals surface area contributed by atoms with Crippen molar-refractivity contribution in [1.82, 2.24) is 4.90 Å². The summed E-state index contributed by atoms with van der Waals surface area (Å²) in [4.78, 5) is 2.48. The third-order valence-electron chi connectivity index (χ3n) is 3.11. The van der Waals surface area contributed by atoms with Crippen molar-refractivity contribution >= 4 is 31.9 Å². The molecule has 1 aromatic rings. The van der Waals surface area contributed by atoms with Crippen molar-refractivity contribution in [3.63, 3.8) is 0 Å². The average Bonchev–Trinajstić information content (AvgIpc) is 2.35. The Balaban J connectivity index is 1.98. The fraction of sp³-hybridized carbons (Fsp3) is 0.538. The zero-order valence-corrected chi connectivity index (χ0v) is 13.1. The molecule has 2 rings (SSSR count). The zero-order valence-electron chi connectivity index (χ0n) is 9.90.